The van der Waals surface area contributed by atoms with E-state index in [-0.39, 0.29) is 18.5 Å². The summed E-state index contributed by atoms with van der Waals surface area (Å²) in [6.45, 7) is 4.91. The number of amides is 1. The molecule has 0 aliphatic rings. The van der Waals surface area contributed by atoms with Crippen LogP contribution in [0.15, 0.2) is 12.2 Å². The van der Waals surface area contributed by atoms with Gasteiger partial charge in [0.15, 0.2) is 0 Å². The highest BCUT2D eigenvalue weighted by atomic mass is 16.5. The summed E-state index contributed by atoms with van der Waals surface area (Å²) >= 11 is 0. The lowest BCUT2D eigenvalue weighted by Crippen LogP contribution is -2.45. The van der Waals surface area contributed by atoms with Crippen LogP contribution in [0.1, 0.15) is 348 Å². The fraction of sp³-hybridized carbons (Fsp3) is 0.935. The Morgan fingerprint density at radius 1 is 0.397 bits per heavy atom. The molecule has 404 valence electrons. The summed E-state index contributed by atoms with van der Waals surface area (Å²) in [6.07, 6.45) is 69.8. The molecule has 0 rings (SSSR count). The van der Waals surface area contributed by atoms with Crippen molar-refractivity contribution >= 4 is 11.9 Å². The number of ether oxygens (including phenoxy) is 1. The van der Waals surface area contributed by atoms with Crippen molar-refractivity contribution in [2.75, 3.05) is 13.2 Å². The Morgan fingerprint density at radius 3 is 1.00 bits per heavy atom. The van der Waals surface area contributed by atoms with Crippen molar-refractivity contribution in [3.8, 4) is 0 Å². The van der Waals surface area contributed by atoms with Crippen molar-refractivity contribution in [3.05, 3.63) is 12.2 Å². The van der Waals surface area contributed by atoms with E-state index in [0.717, 1.165) is 38.5 Å². The molecule has 2 atom stereocenters. The van der Waals surface area contributed by atoms with Gasteiger partial charge in [-0.2, -0.15) is 0 Å². The third-order valence-corrected chi connectivity index (χ3v) is 14.6. The van der Waals surface area contributed by atoms with Gasteiger partial charge in [-0.05, 0) is 32.1 Å². The summed E-state index contributed by atoms with van der Waals surface area (Å²) in [5.41, 5.74) is 0. The predicted molar refractivity (Wildman–Crippen MR) is 297 cm³/mol. The minimum absolute atomic E-state index is 0.0202. The molecule has 1 amide bonds. The van der Waals surface area contributed by atoms with Gasteiger partial charge in [0.1, 0.15) is 0 Å². The van der Waals surface area contributed by atoms with E-state index in [2.05, 4.69) is 19.2 Å². The SMILES string of the molecule is CCCCCCCCCC/C=C/C(O)C(CO)NC(=O)CCCCCCCCCCCCCCCCCCCCCCCCCCCCOC(=O)CCCCCCCCCCCCCCCCC. The second kappa shape index (κ2) is 58.2. The molecule has 0 aliphatic heterocycles. The molecule has 0 saturated heterocycles. The molecular weight excluding hydrogens is 839 g/mol. The van der Waals surface area contributed by atoms with Crippen molar-refractivity contribution in [3.63, 3.8) is 0 Å². The summed E-state index contributed by atoms with van der Waals surface area (Å²) in [5.74, 6) is -0.0460. The molecule has 0 heterocycles. The third-order valence-electron chi connectivity index (χ3n) is 14.6. The number of aliphatic hydroxyl groups excluding tert-OH is 2. The highest BCUT2D eigenvalue weighted by Crippen LogP contribution is 2.18. The molecule has 0 bridgehead atoms. The Labute approximate surface area is 425 Å². The fourth-order valence-electron chi connectivity index (χ4n) is 9.81. The zero-order valence-corrected chi connectivity index (χ0v) is 46.1. The Hall–Kier alpha value is -1.40. The summed E-state index contributed by atoms with van der Waals surface area (Å²) in [4.78, 5) is 24.5. The van der Waals surface area contributed by atoms with E-state index in [1.165, 1.54) is 283 Å². The minimum Gasteiger partial charge on any atom is -0.466 e. The largest absolute Gasteiger partial charge is 0.466 e. The number of carbonyl (C=O) groups excluding carboxylic acids is 2. The second-order valence-electron chi connectivity index (χ2n) is 21.4. The highest BCUT2D eigenvalue weighted by Gasteiger charge is 2.18. The van der Waals surface area contributed by atoms with Crippen LogP contribution < -0.4 is 5.32 Å². The van der Waals surface area contributed by atoms with Gasteiger partial charge < -0.3 is 20.3 Å². The van der Waals surface area contributed by atoms with Crippen LogP contribution in [0, 0.1) is 0 Å². The maximum absolute atomic E-state index is 12.4. The molecule has 0 aromatic carbocycles. The molecule has 2 unspecified atom stereocenters. The first-order chi connectivity index (χ1) is 33.5. The number of esters is 1. The fourth-order valence-corrected chi connectivity index (χ4v) is 9.81. The molecule has 0 fully saturated rings. The molecule has 68 heavy (non-hydrogen) atoms. The van der Waals surface area contributed by atoms with Crippen molar-refractivity contribution < 1.29 is 24.5 Å². The van der Waals surface area contributed by atoms with Crippen LogP contribution in [0.25, 0.3) is 0 Å². The topological polar surface area (TPSA) is 95.9 Å². The van der Waals surface area contributed by atoms with E-state index in [0.29, 0.717) is 19.4 Å². The molecule has 0 radical (unpaired) electrons. The van der Waals surface area contributed by atoms with Gasteiger partial charge in [0, 0.05) is 12.8 Å². The van der Waals surface area contributed by atoms with Gasteiger partial charge in [0.2, 0.25) is 5.91 Å². The Morgan fingerprint density at radius 2 is 0.676 bits per heavy atom. The first-order valence-corrected chi connectivity index (χ1v) is 31.0. The molecule has 6 heteroatoms. The number of rotatable bonds is 58. The molecule has 0 aromatic rings. The quantitative estimate of drug-likeness (QED) is 0.0321. The van der Waals surface area contributed by atoms with Gasteiger partial charge in [0.25, 0.3) is 0 Å². The maximum atomic E-state index is 12.4. The lowest BCUT2D eigenvalue weighted by Gasteiger charge is -2.20. The third kappa shape index (κ3) is 53.9. The zero-order chi connectivity index (χ0) is 49.3. The van der Waals surface area contributed by atoms with Gasteiger partial charge in [-0.3, -0.25) is 9.59 Å². The average Bonchev–Trinajstić information content (AvgIpc) is 3.34. The van der Waals surface area contributed by atoms with Gasteiger partial charge in [-0.25, -0.2) is 0 Å². The number of allylic oxidation sites excluding steroid dienone is 1. The monoisotopic (exact) mass is 960 g/mol. The van der Waals surface area contributed by atoms with E-state index in [9.17, 15) is 19.8 Å². The lowest BCUT2D eigenvalue weighted by molar-refractivity contribution is -0.143. The van der Waals surface area contributed by atoms with E-state index in [1.54, 1.807) is 6.08 Å². The van der Waals surface area contributed by atoms with Crippen molar-refractivity contribution in [2.24, 2.45) is 0 Å². The number of nitrogens with one attached hydrogen (secondary N) is 1. The summed E-state index contributed by atoms with van der Waals surface area (Å²) < 4.78 is 5.49. The summed E-state index contributed by atoms with van der Waals surface area (Å²) in [5, 5.41) is 23.0. The van der Waals surface area contributed by atoms with Gasteiger partial charge in [-0.1, -0.05) is 315 Å². The molecule has 0 spiro atoms. The van der Waals surface area contributed by atoms with Crippen LogP contribution in [0.3, 0.4) is 0 Å². The minimum atomic E-state index is -0.840. The summed E-state index contributed by atoms with van der Waals surface area (Å²) in [6, 6.07) is -0.623. The Bertz CT molecular complexity index is 1020. The number of carbonyl (C=O) groups is 2. The maximum Gasteiger partial charge on any atom is 0.305 e. The molecule has 6 nitrogen and oxygen atoms in total. The van der Waals surface area contributed by atoms with E-state index < -0.39 is 12.1 Å². The second-order valence-corrected chi connectivity index (χ2v) is 21.4. The number of unbranched alkanes of at least 4 members (excludes halogenated alkanes) is 47. The normalized spacial score (nSPS) is 12.6. The van der Waals surface area contributed by atoms with Crippen LogP contribution in [-0.2, 0) is 14.3 Å². The van der Waals surface area contributed by atoms with Crippen LogP contribution in [-0.4, -0.2) is 47.4 Å². The lowest BCUT2D eigenvalue weighted by atomic mass is 10.0. The number of hydrogen-bond acceptors (Lipinski definition) is 5. The Balaban J connectivity index is 3.32. The van der Waals surface area contributed by atoms with Crippen LogP contribution in [0.4, 0.5) is 0 Å². The van der Waals surface area contributed by atoms with Crippen molar-refractivity contribution in [1.82, 2.24) is 5.32 Å². The summed E-state index contributed by atoms with van der Waals surface area (Å²) in [7, 11) is 0. The highest BCUT2D eigenvalue weighted by molar-refractivity contribution is 5.76. The van der Waals surface area contributed by atoms with Crippen LogP contribution in [0.5, 0.6) is 0 Å². The van der Waals surface area contributed by atoms with E-state index in [1.807, 2.05) is 6.08 Å². The van der Waals surface area contributed by atoms with Crippen molar-refractivity contribution in [1.29, 1.82) is 0 Å². The first-order valence-electron chi connectivity index (χ1n) is 31.0. The van der Waals surface area contributed by atoms with Gasteiger partial charge in [0.05, 0.1) is 25.4 Å². The number of aliphatic hydroxyl groups is 2. The smallest absolute Gasteiger partial charge is 0.305 e. The standard InChI is InChI=1S/C62H121NO5/c1-3-5-7-9-11-13-15-16-29-33-36-40-44-48-52-56-62(67)68-57-53-49-45-41-37-34-31-28-26-24-22-20-18-17-19-21-23-25-27-30-32-35-39-43-47-51-55-61(66)63-59(58-64)60(65)54-50-46-42-38-14-12-10-8-6-4-2/h50,54,59-60,64-65H,3-49,51-53,55-58H2,1-2H3,(H,63,66)/b54-50+. The average molecular weight is 961 g/mol. The van der Waals surface area contributed by atoms with Gasteiger partial charge >= 0.3 is 5.97 Å². The predicted octanol–water partition coefficient (Wildman–Crippen LogP) is 19.2. The number of hydrogen-bond donors (Lipinski definition) is 3. The molecule has 3 N–H and O–H groups in total. The van der Waals surface area contributed by atoms with E-state index in [4.69, 9.17) is 4.74 Å². The Kier molecular flexibility index (Phi) is 57.0. The molecule has 0 aliphatic carbocycles. The molecule has 0 aromatic heterocycles. The van der Waals surface area contributed by atoms with E-state index >= 15 is 0 Å². The molecular formula is C62H121NO5. The van der Waals surface area contributed by atoms with Crippen LogP contribution >= 0.6 is 0 Å². The molecule has 0 saturated carbocycles. The zero-order valence-electron chi connectivity index (χ0n) is 46.1. The first kappa shape index (κ1) is 66.6. The van der Waals surface area contributed by atoms with Crippen LogP contribution in [0.2, 0.25) is 0 Å². The van der Waals surface area contributed by atoms with Gasteiger partial charge in [-0.15, -0.1) is 0 Å². The van der Waals surface area contributed by atoms with Crippen molar-refractivity contribution in [2.45, 2.75) is 360 Å².